The van der Waals surface area contributed by atoms with Crippen LogP contribution in [0.4, 0.5) is 0 Å². The number of thiophene rings is 1. The van der Waals surface area contributed by atoms with Crippen LogP contribution in [0.5, 0.6) is 0 Å². The SMILES string of the molecule is Cc1nc(C(C)(C)C)nc2sc(C(=O)NC[C@H]3CCOC3)c(C)c12. The van der Waals surface area contributed by atoms with Gasteiger partial charge in [0.05, 0.1) is 17.2 Å². The fourth-order valence-corrected chi connectivity index (χ4v) is 4.10. The van der Waals surface area contributed by atoms with Crippen LogP contribution in [0.1, 0.15) is 53.9 Å². The molecule has 0 spiro atoms. The van der Waals surface area contributed by atoms with Gasteiger partial charge in [-0.3, -0.25) is 4.79 Å². The molecule has 0 aromatic carbocycles. The number of aryl methyl sites for hydroxylation is 2. The number of amides is 1. The highest BCUT2D eigenvalue weighted by molar-refractivity contribution is 7.20. The van der Waals surface area contributed by atoms with Crippen molar-refractivity contribution in [2.24, 2.45) is 5.92 Å². The van der Waals surface area contributed by atoms with Crippen molar-refractivity contribution >= 4 is 27.5 Å². The third-order valence-electron chi connectivity index (χ3n) is 4.42. The van der Waals surface area contributed by atoms with Crippen molar-refractivity contribution < 1.29 is 9.53 Å². The molecule has 5 nitrogen and oxygen atoms in total. The number of hydrogen-bond donors (Lipinski definition) is 1. The van der Waals surface area contributed by atoms with Crippen molar-refractivity contribution in [3.8, 4) is 0 Å². The zero-order valence-electron chi connectivity index (χ0n) is 15.0. The van der Waals surface area contributed by atoms with Crippen molar-refractivity contribution in [2.75, 3.05) is 19.8 Å². The Kier molecular flexibility index (Phi) is 4.62. The number of carbonyl (C=O) groups is 1. The zero-order valence-corrected chi connectivity index (χ0v) is 15.8. The Morgan fingerprint density at radius 2 is 2.08 bits per heavy atom. The van der Waals surface area contributed by atoms with Crippen LogP contribution in [0.15, 0.2) is 0 Å². The molecule has 0 aliphatic carbocycles. The number of carbonyl (C=O) groups excluding carboxylic acids is 1. The monoisotopic (exact) mass is 347 g/mol. The van der Waals surface area contributed by atoms with Crippen LogP contribution in [0, 0.1) is 19.8 Å². The average Bonchev–Trinajstić information content (AvgIpc) is 3.12. The third kappa shape index (κ3) is 3.30. The summed E-state index contributed by atoms with van der Waals surface area (Å²) in [4.78, 5) is 23.6. The van der Waals surface area contributed by atoms with Crippen molar-refractivity contribution in [3.63, 3.8) is 0 Å². The van der Waals surface area contributed by atoms with Gasteiger partial charge in [-0.25, -0.2) is 9.97 Å². The van der Waals surface area contributed by atoms with E-state index in [0.29, 0.717) is 12.5 Å². The minimum absolute atomic E-state index is 0.0147. The van der Waals surface area contributed by atoms with Crippen LogP contribution >= 0.6 is 11.3 Å². The Morgan fingerprint density at radius 3 is 2.71 bits per heavy atom. The molecule has 1 saturated heterocycles. The van der Waals surface area contributed by atoms with E-state index in [1.54, 1.807) is 0 Å². The van der Waals surface area contributed by atoms with E-state index in [1.807, 2.05) is 13.8 Å². The number of hydrogen-bond acceptors (Lipinski definition) is 5. The summed E-state index contributed by atoms with van der Waals surface area (Å²) in [5.74, 6) is 1.24. The summed E-state index contributed by atoms with van der Waals surface area (Å²) in [7, 11) is 0. The predicted octanol–water partition coefficient (Wildman–Crippen LogP) is 3.37. The van der Waals surface area contributed by atoms with E-state index >= 15 is 0 Å². The summed E-state index contributed by atoms with van der Waals surface area (Å²) in [5.41, 5.74) is 1.82. The molecule has 1 atom stereocenters. The lowest BCUT2D eigenvalue weighted by molar-refractivity contribution is 0.0948. The molecule has 0 saturated carbocycles. The zero-order chi connectivity index (χ0) is 17.5. The van der Waals surface area contributed by atoms with E-state index in [9.17, 15) is 4.79 Å². The van der Waals surface area contributed by atoms with Gasteiger partial charge in [0.2, 0.25) is 0 Å². The van der Waals surface area contributed by atoms with Crippen molar-refractivity contribution in [1.82, 2.24) is 15.3 Å². The topological polar surface area (TPSA) is 64.1 Å². The van der Waals surface area contributed by atoms with Gasteiger partial charge in [0.15, 0.2) is 0 Å². The number of nitrogens with one attached hydrogen (secondary N) is 1. The Hall–Kier alpha value is -1.53. The van der Waals surface area contributed by atoms with Crippen molar-refractivity contribution in [3.05, 3.63) is 22.0 Å². The lowest BCUT2D eigenvalue weighted by Crippen LogP contribution is -2.29. The van der Waals surface area contributed by atoms with Crippen molar-refractivity contribution in [1.29, 1.82) is 0 Å². The van der Waals surface area contributed by atoms with E-state index < -0.39 is 0 Å². The molecular weight excluding hydrogens is 322 g/mol. The molecule has 1 amide bonds. The largest absolute Gasteiger partial charge is 0.381 e. The molecule has 24 heavy (non-hydrogen) atoms. The van der Waals surface area contributed by atoms with Crippen LogP contribution in [-0.4, -0.2) is 35.6 Å². The Balaban J connectivity index is 1.89. The van der Waals surface area contributed by atoms with E-state index in [-0.39, 0.29) is 11.3 Å². The molecule has 0 bridgehead atoms. The second kappa shape index (κ2) is 6.41. The van der Waals surface area contributed by atoms with E-state index in [2.05, 4.69) is 31.1 Å². The van der Waals surface area contributed by atoms with E-state index in [1.165, 1.54) is 11.3 Å². The van der Waals surface area contributed by atoms with Crippen LogP contribution in [0.2, 0.25) is 0 Å². The van der Waals surface area contributed by atoms with Gasteiger partial charge < -0.3 is 10.1 Å². The highest BCUT2D eigenvalue weighted by atomic mass is 32.1. The Labute approximate surface area is 146 Å². The highest BCUT2D eigenvalue weighted by Gasteiger charge is 2.24. The predicted molar refractivity (Wildman–Crippen MR) is 96.8 cm³/mol. The maximum atomic E-state index is 12.6. The van der Waals surface area contributed by atoms with Gasteiger partial charge in [-0.05, 0) is 25.8 Å². The van der Waals surface area contributed by atoms with E-state index in [4.69, 9.17) is 9.72 Å². The summed E-state index contributed by atoms with van der Waals surface area (Å²) in [6.45, 7) is 12.5. The summed E-state index contributed by atoms with van der Waals surface area (Å²) >= 11 is 1.46. The van der Waals surface area contributed by atoms with Crippen LogP contribution < -0.4 is 5.32 Å². The smallest absolute Gasteiger partial charge is 0.261 e. The lowest BCUT2D eigenvalue weighted by atomic mass is 9.95. The first-order chi connectivity index (χ1) is 11.3. The van der Waals surface area contributed by atoms with Gasteiger partial charge in [0.25, 0.3) is 5.91 Å². The quantitative estimate of drug-likeness (QED) is 0.924. The molecule has 1 aliphatic rings. The summed E-state index contributed by atoms with van der Waals surface area (Å²) in [6.07, 6.45) is 1.02. The highest BCUT2D eigenvalue weighted by Crippen LogP contribution is 2.33. The van der Waals surface area contributed by atoms with Crippen LogP contribution in [0.25, 0.3) is 10.2 Å². The fourth-order valence-electron chi connectivity index (χ4n) is 2.95. The molecule has 1 fully saturated rings. The third-order valence-corrected chi connectivity index (χ3v) is 5.61. The maximum Gasteiger partial charge on any atom is 0.261 e. The minimum Gasteiger partial charge on any atom is -0.381 e. The standard InChI is InChI=1S/C18H25N3O2S/c1-10-13-11(2)20-17(18(3,4)5)21-16(13)24-14(10)15(22)19-8-12-6-7-23-9-12/h12H,6-9H2,1-5H3,(H,19,22)/t12-/m1/s1. The second-order valence-electron chi connectivity index (χ2n) is 7.56. The molecule has 0 radical (unpaired) electrons. The molecule has 2 aromatic rings. The summed E-state index contributed by atoms with van der Waals surface area (Å²) in [6, 6.07) is 0. The molecular formula is C18H25N3O2S. The number of nitrogens with zero attached hydrogens (tertiary/aromatic N) is 2. The molecule has 2 aromatic heterocycles. The number of ether oxygens (including phenoxy) is 1. The lowest BCUT2D eigenvalue weighted by Gasteiger charge is -2.16. The molecule has 1 aliphatic heterocycles. The normalized spacial score (nSPS) is 18.3. The van der Waals surface area contributed by atoms with Gasteiger partial charge in [-0.2, -0.15) is 0 Å². The number of rotatable bonds is 3. The molecule has 3 heterocycles. The molecule has 6 heteroatoms. The van der Waals surface area contributed by atoms with Gasteiger partial charge >= 0.3 is 0 Å². The van der Waals surface area contributed by atoms with Crippen LogP contribution in [-0.2, 0) is 10.2 Å². The first-order valence-electron chi connectivity index (χ1n) is 8.41. The first-order valence-corrected chi connectivity index (χ1v) is 9.23. The van der Waals surface area contributed by atoms with Gasteiger partial charge in [-0.1, -0.05) is 20.8 Å². The summed E-state index contributed by atoms with van der Waals surface area (Å²) < 4.78 is 5.36. The van der Waals surface area contributed by atoms with Gasteiger partial charge in [-0.15, -0.1) is 11.3 Å². The Bertz CT molecular complexity index is 771. The molecule has 0 unspecified atom stereocenters. The molecule has 130 valence electrons. The Morgan fingerprint density at radius 1 is 1.33 bits per heavy atom. The van der Waals surface area contributed by atoms with Crippen LogP contribution in [0.3, 0.4) is 0 Å². The van der Waals surface area contributed by atoms with E-state index in [0.717, 1.165) is 51.8 Å². The second-order valence-corrected chi connectivity index (χ2v) is 8.56. The number of aromatic nitrogens is 2. The van der Waals surface area contributed by atoms with Crippen molar-refractivity contribution in [2.45, 2.75) is 46.5 Å². The van der Waals surface area contributed by atoms with Gasteiger partial charge in [0.1, 0.15) is 10.7 Å². The number of fused-ring (bicyclic) bond motifs is 1. The summed E-state index contributed by atoms with van der Waals surface area (Å²) in [5, 5.41) is 4.07. The fraction of sp³-hybridized carbons (Fsp3) is 0.611. The average molecular weight is 347 g/mol. The minimum atomic E-state index is -0.109. The van der Waals surface area contributed by atoms with Gasteiger partial charge in [0, 0.05) is 29.9 Å². The molecule has 3 rings (SSSR count). The molecule has 1 N–H and O–H groups in total. The first kappa shape index (κ1) is 17.3. The maximum absolute atomic E-state index is 12.6.